The Balaban J connectivity index is 1.23. The fourth-order valence-corrected chi connectivity index (χ4v) is 9.92. The third-order valence-corrected chi connectivity index (χ3v) is 14.4. The van der Waals surface area contributed by atoms with E-state index >= 15 is 0 Å². The first kappa shape index (κ1) is 40.7. The number of carbonyl (C=O) groups is 5. The lowest BCUT2D eigenvalue weighted by Gasteiger charge is -2.36. The molecule has 1 aromatic carbocycles. The standard InChI is InChI=1S/C42H54N4O10S/c1-26-35-30(31-22-29(54-20-19-47)13-14-32(31)43-26)15-16-41(56-35)24-33-36(49)44-42(38(51)45-57(52,53)40(5)17-18-40)23-28(42)12-10-8-6-7-9-11-27(37(50)46(33)25-41)21-34(48)55-39(2,3)4/h10,12-14,19,22,27-28,33H,6-9,11,15-18,20-21,23-25H2,1-5H3,(H,44,49)(H,45,51)/b12-10-/t27-,28-,33+,41-,42-/m1/s1. The van der Waals surface area contributed by atoms with E-state index in [-0.39, 0.29) is 38.3 Å². The Kier molecular flexibility index (Phi) is 10.7. The Bertz CT molecular complexity index is 2130. The third kappa shape index (κ3) is 8.26. The van der Waals surface area contributed by atoms with Crippen LogP contribution in [-0.4, -0.2) is 89.0 Å². The summed E-state index contributed by atoms with van der Waals surface area (Å²) < 4.78 is 45.8. The van der Waals surface area contributed by atoms with Gasteiger partial charge >= 0.3 is 5.97 Å². The largest absolute Gasteiger partial charge is 0.486 e. The molecule has 3 fully saturated rings. The van der Waals surface area contributed by atoms with Crippen molar-refractivity contribution in [3.8, 4) is 11.5 Å². The van der Waals surface area contributed by atoms with Crippen LogP contribution >= 0.6 is 0 Å². The number of rotatable bonds is 8. The Morgan fingerprint density at radius 3 is 2.61 bits per heavy atom. The number of carbonyl (C=O) groups excluding carboxylic acids is 5. The Labute approximate surface area is 333 Å². The molecule has 2 saturated carbocycles. The molecule has 15 heteroatoms. The number of sulfonamides is 1. The summed E-state index contributed by atoms with van der Waals surface area (Å²) in [5, 5.41) is 3.76. The topological polar surface area (TPSA) is 187 Å². The molecule has 3 aliphatic heterocycles. The van der Waals surface area contributed by atoms with Gasteiger partial charge in [0.05, 0.1) is 28.9 Å². The Morgan fingerprint density at radius 2 is 1.89 bits per heavy atom. The molecule has 1 aromatic heterocycles. The maximum Gasteiger partial charge on any atom is 0.307 e. The predicted molar refractivity (Wildman–Crippen MR) is 210 cm³/mol. The molecule has 5 atom stereocenters. The normalized spacial score (nSPS) is 29.0. The minimum Gasteiger partial charge on any atom is -0.486 e. The molecule has 1 spiro atoms. The number of hydrogen-bond donors (Lipinski definition) is 2. The number of aromatic nitrogens is 1. The number of aldehydes is 1. The van der Waals surface area contributed by atoms with Crippen molar-refractivity contribution in [1.29, 1.82) is 0 Å². The molecule has 0 radical (unpaired) electrons. The van der Waals surface area contributed by atoms with E-state index in [1.807, 2.05) is 31.2 Å². The van der Waals surface area contributed by atoms with Crippen molar-refractivity contribution in [2.24, 2.45) is 11.8 Å². The molecule has 7 rings (SSSR count). The van der Waals surface area contributed by atoms with Gasteiger partial charge in [-0.3, -0.25) is 28.7 Å². The summed E-state index contributed by atoms with van der Waals surface area (Å²) in [6, 6.07) is 4.33. The first-order valence-electron chi connectivity index (χ1n) is 20.1. The van der Waals surface area contributed by atoms with E-state index in [1.165, 1.54) is 4.90 Å². The summed E-state index contributed by atoms with van der Waals surface area (Å²) in [6.45, 7) is 8.70. The molecule has 0 bridgehead atoms. The molecule has 4 heterocycles. The molecule has 3 amide bonds. The van der Waals surface area contributed by atoms with Crippen LogP contribution in [-0.2, 0) is 45.2 Å². The second-order valence-corrected chi connectivity index (χ2v) is 20.0. The maximum atomic E-state index is 14.8. The quantitative estimate of drug-likeness (QED) is 0.217. The lowest BCUT2D eigenvalue weighted by Crippen LogP contribution is -2.57. The average molecular weight is 807 g/mol. The Hall–Kier alpha value is -4.53. The average Bonchev–Trinajstić information content (AvgIpc) is 4.03. The van der Waals surface area contributed by atoms with Crippen molar-refractivity contribution in [3.05, 3.63) is 41.6 Å². The van der Waals surface area contributed by atoms with Crippen LogP contribution < -0.4 is 19.5 Å². The zero-order valence-electron chi connectivity index (χ0n) is 33.5. The first-order valence-corrected chi connectivity index (χ1v) is 21.6. The van der Waals surface area contributed by atoms with Gasteiger partial charge < -0.3 is 24.4 Å². The number of aryl methyl sites for hydroxylation is 2. The summed E-state index contributed by atoms with van der Waals surface area (Å²) in [6.07, 6.45) is 9.91. The van der Waals surface area contributed by atoms with Gasteiger partial charge in [0.15, 0.2) is 6.29 Å². The number of hydrogen-bond acceptors (Lipinski definition) is 11. The van der Waals surface area contributed by atoms with Gasteiger partial charge in [-0.15, -0.1) is 0 Å². The van der Waals surface area contributed by atoms with Gasteiger partial charge in [0, 0.05) is 29.2 Å². The Morgan fingerprint density at radius 1 is 1.12 bits per heavy atom. The highest BCUT2D eigenvalue weighted by molar-refractivity contribution is 7.91. The predicted octanol–water partition coefficient (Wildman–Crippen LogP) is 4.53. The van der Waals surface area contributed by atoms with Crippen LogP contribution in [0.1, 0.15) is 110 Å². The smallest absolute Gasteiger partial charge is 0.307 e. The monoisotopic (exact) mass is 806 g/mol. The second-order valence-electron chi connectivity index (χ2n) is 17.8. The van der Waals surface area contributed by atoms with Crippen LogP contribution in [0, 0.1) is 18.8 Å². The lowest BCUT2D eigenvalue weighted by atomic mass is 9.87. The fourth-order valence-electron chi connectivity index (χ4n) is 8.61. The number of fused-ring (bicyclic) bond motifs is 5. The highest BCUT2D eigenvalue weighted by atomic mass is 32.2. The maximum absolute atomic E-state index is 14.8. The summed E-state index contributed by atoms with van der Waals surface area (Å²) in [5.41, 5.74) is -1.02. The molecule has 2 aliphatic carbocycles. The lowest BCUT2D eigenvalue weighted by molar-refractivity contribution is -0.159. The molecule has 14 nitrogen and oxygen atoms in total. The van der Waals surface area contributed by atoms with Gasteiger partial charge in [-0.25, -0.2) is 13.4 Å². The zero-order valence-corrected chi connectivity index (χ0v) is 34.3. The van der Waals surface area contributed by atoms with Gasteiger partial charge in [-0.05, 0) is 104 Å². The number of esters is 1. The molecular weight excluding hydrogens is 753 g/mol. The van der Waals surface area contributed by atoms with Gasteiger partial charge in [0.2, 0.25) is 21.8 Å². The fraction of sp³-hybridized carbons (Fsp3) is 0.619. The molecule has 2 N–H and O–H groups in total. The van der Waals surface area contributed by atoms with Crippen molar-refractivity contribution >= 4 is 50.9 Å². The number of nitrogens with zero attached hydrogens (tertiary/aromatic N) is 2. The minimum atomic E-state index is -4.00. The molecule has 1 saturated heterocycles. The summed E-state index contributed by atoms with van der Waals surface area (Å²) in [7, 11) is -4.00. The van der Waals surface area contributed by atoms with Crippen LogP contribution in [0.25, 0.3) is 10.9 Å². The summed E-state index contributed by atoms with van der Waals surface area (Å²) >= 11 is 0. The van der Waals surface area contributed by atoms with Crippen molar-refractivity contribution in [2.45, 2.75) is 139 Å². The third-order valence-electron chi connectivity index (χ3n) is 12.2. The van der Waals surface area contributed by atoms with Gasteiger partial charge in [0.1, 0.15) is 40.9 Å². The van der Waals surface area contributed by atoms with E-state index in [0.717, 1.165) is 29.3 Å². The van der Waals surface area contributed by atoms with Crippen LogP contribution in [0.4, 0.5) is 0 Å². The minimum absolute atomic E-state index is 0.0450. The SMILES string of the molecule is Cc1nc2ccc(OCC=O)cc2c2c1O[C@]1(CC2)C[C@H]2C(=O)N[C@]3(C(=O)NS(=O)(=O)C4(C)CC4)C[C@H]3/C=C\CCCCC[C@H](CC(=O)OC(C)(C)C)C(=O)N2C1. The molecule has 57 heavy (non-hydrogen) atoms. The summed E-state index contributed by atoms with van der Waals surface area (Å²) in [5.74, 6) is -2.41. The first-order chi connectivity index (χ1) is 26.9. The van der Waals surface area contributed by atoms with E-state index in [4.69, 9.17) is 19.2 Å². The molecular formula is C42H54N4O10S. The molecule has 2 aromatic rings. The van der Waals surface area contributed by atoms with Crippen LogP contribution in [0.2, 0.25) is 0 Å². The number of nitrogens with one attached hydrogen (secondary N) is 2. The molecule has 308 valence electrons. The molecule has 5 aliphatic rings. The number of ether oxygens (including phenoxy) is 3. The number of amides is 3. The number of benzene rings is 1. The van der Waals surface area contributed by atoms with E-state index in [0.29, 0.717) is 68.4 Å². The summed E-state index contributed by atoms with van der Waals surface area (Å²) in [4.78, 5) is 74.0. The van der Waals surface area contributed by atoms with Gasteiger partial charge in [0.25, 0.3) is 5.91 Å². The van der Waals surface area contributed by atoms with Crippen molar-refractivity contribution < 1.29 is 46.6 Å². The zero-order chi connectivity index (χ0) is 41.0. The van der Waals surface area contributed by atoms with Crippen LogP contribution in [0.15, 0.2) is 30.4 Å². The second kappa shape index (κ2) is 15.0. The van der Waals surface area contributed by atoms with Gasteiger partial charge in [-0.1, -0.05) is 25.0 Å². The van der Waals surface area contributed by atoms with Gasteiger partial charge in [-0.2, -0.15) is 0 Å². The highest BCUT2D eigenvalue weighted by Gasteiger charge is 2.64. The van der Waals surface area contributed by atoms with Crippen molar-refractivity contribution in [2.75, 3.05) is 13.2 Å². The number of allylic oxidation sites excluding steroid dienone is 1. The van der Waals surface area contributed by atoms with E-state index in [9.17, 15) is 32.4 Å². The van der Waals surface area contributed by atoms with E-state index in [1.54, 1.807) is 33.8 Å². The van der Waals surface area contributed by atoms with Crippen LogP contribution in [0.3, 0.4) is 0 Å². The van der Waals surface area contributed by atoms with E-state index in [2.05, 4.69) is 10.0 Å². The van der Waals surface area contributed by atoms with E-state index < -0.39 is 67.2 Å². The highest BCUT2D eigenvalue weighted by Crippen LogP contribution is 2.49. The van der Waals surface area contributed by atoms with Crippen LogP contribution in [0.5, 0.6) is 11.5 Å². The molecule has 0 unspecified atom stereocenters. The van der Waals surface area contributed by atoms with Crippen molar-refractivity contribution in [1.82, 2.24) is 19.9 Å². The number of pyridine rings is 1. The van der Waals surface area contributed by atoms with Crippen molar-refractivity contribution in [3.63, 3.8) is 0 Å².